The van der Waals surface area contributed by atoms with Gasteiger partial charge in [0.1, 0.15) is 10.7 Å². The first-order valence-corrected chi connectivity index (χ1v) is 7.41. The fourth-order valence-corrected chi connectivity index (χ4v) is 4.31. The Morgan fingerprint density at radius 1 is 1.44 bits per heavy atom. The lowest BCUT2D eigenvalue weighted by Gasteiger charge is -2.38. The second-order valence-corrected chi connectivity index (χ2v) is 7.28. The zero-order valence-electron chi connectivity index (χ0n) is 11.3. The fourth-order valence-electron chi connectivity index (χ4n) is 3.88. The Morgan fingerprint density at radius 3 is 2.72 bits per heavy atom. The molecule has 0 radical (unpaired) electrons. The second-order valence-electron chi connectivity index (χ2n) is 6.49. The number of hydrogen-bond donors (Lipinski definition) is 1. The summed E-state index contributed by atoms with van der Waals surface area (Å²) in [5.41, 5.74) is 7.29. The summed E-state index contributed by atoms with van der Waals surface area (Å²) in [6.07, 6.45) is 4.15. The van der Waals surface area contributed by atoms with Crippen LogP contribution in [-0.4, -0.2) is 15.7 Å². The van der Waals surface area contributed by atoms with Gasteiger partial charge in [-0.1, -0.05) is 25.3 Å². The molecule has 4 nitrogen and oxygen atoms in total. The van der Waals surface area contributed by atoms with Gasteiger partial charge >= 0.3 is 0 Å². The van der Waals surface area contributed by atoms with E-state index < -0.39 is 0 Å². The van der Waals surface area contributed by atoms with Crippen LogP contribution in [0.3, 0.4) is 0 Å². The van der Waals surface area contributed by atoms with Gasteiger partial charge in [0, 0.05) is 11.5 Å². The van der Waals surface area contributed by atoms with E-state index in [9.17, 15) is 0 Å². The molecular formula is C13H21N3OS. The smallest absolute Gasteiger partial charge is 0.133 e. The summed E-state index contributed by atoms with van der Waals surface area (Å²) in [6, 6.07) is 0. The van der Waals surface area contributed by atoms with Crippen molar-refractivity contribution in [3.8, 4) is 0 Å². The Balaban J connectivity index is 1.71. The molecule has 18 heavy (non-hydrogen) atoms. The highest BCUT2D eigenvalue weighted by Gasteiger charge is 2.61. The maximum absolute atomic E-state index is 6.12. The lowest BCUT2D eigenvalue weighted by atomic mass is 9.70. The Hall–Kier alpha value is -0.680. The van der Waals surface area contributed by atoms with Crippen LogP contribution in [0.4, 0.5) is 5.00 Å². The third-order valence-corrected chi connectivity index (χ3v) is 6.32. The lowest BCUT2D eigenvalue weighted by molar-refractivity contribution is -0.0558. The van der Waals surface area contributed by atoms with Crippen molar-refractivity contribution in [3.63, 3.8) is 0 Å². The maximum Gasteiger partial charge on any atom is 0.133 e. The summed E-state index contributed by atoms with van der Waals surface area (Å²) in [4.78, 5) is 0. The third-order valence-electron chi connectivity index (χ3n) is 5.72. The molecule has 100 valence electrons. The molecule has 1 heterocycles. The standard InChI is InChI=1S/C13H21N3OS/c1-12(2)8-4-5-13(12,3)10(6-8)17-7-9-11(14)18-16-15-9/h8,10H,4-7,14H2,1-3H3. The number of fused-ring (bicyclic) bond motifs is 2. The molecule has 5 heteroatoms. The molecule has 2 aliphatic rings. The normalized spacial score (nSPS) is 37.3. The second kappa shape index (κ2) is 3.90. The topological polar surface area (TPSA) is 61.0 Å². The number of nitrogens with zero attached hydrogens (tertiary/aromatic N) is 2. The van der Waals surface area contributed by atoms with Crippen molar-refractivity contribution in [2.75, 3.05) is 5.73 Å². The van der Waals surface area contributed by atoms with Crippen LogP contribution in [0.15, 0.2) is 0 Å². The first kappa shape index (κ1) is 12.4. The van der Waals surface area contributed by atoms with Crippen LogP contribution in [0.5, 0.6) is 0 Å². The van der Waals surface area contributed by atoms with E-state index in [-0.39, 0.29) is 0 Å². The minimum Gasteiger partial charge on any atom is -0.388 e. The first-order valence-electron chi connectivity index (χ1n) is 6.63. The van der Waals surface area contributed by atoms with Gasteiger partial charge in [-0.25, -0.2) is 0 Å². The number of anilines is 1. The summed E-state index contributed by atoms with van der Waals surface area (Å²) >= 11 is 1.24. The van der Waals surface area contributed by atoms with E-state index >= 15 is 0 Å². The number of ether oxygens (including phenoxy) is 1. The van der Waals surface area contributed by atoms with E-state index in [1.54, 1.807) is 0 Å². The van der Waals surface area contributed by atoms with E-state index in [0.29, 0.717) is 28.5 Å². The molecule has 0 spiro atoms. The molecule has 3 rings (SSSR count). The molecule has 2 N–H and O–H groups in total. The Kier molecular flexibility index (Phi) is 2.68. The molecule has 3 unspecified atom stereocenters. The first-order chi connectivity index (χ1) is 8.45. The number of rotatable bonds is 3. The van der Waals surface area contributed by atoms with Gasteiger partial charge < -0.3 is 10.5 Å². The molecule has 0 amide bonds. The van der Waals surface area contributed by atoms with Gasteiger partial charge in [0.2, 0.25) is 0 Å². The van der Waals surface area contributed by atoms with Gasteiger partial charge in [-0.3, -0.25) is 0 Å². The van der Waals surface area contributed by atoms with E-state index in [0.717, 1.165) is 11.6 Å². The van der Waals surface area contributed by atoms with E-state index in [4.69, 9.17) is 10.5 Å². The lowest BCUT2D eigenvalue weighted by Crippen LogP contribution is -2.37. The van der Waals surface area contributed by atoms with Crippen LogP contribution in [-0.2, 0) is 11.3 Å². The molecule has 2 saturated carbocycles. The van der Waals surface area contributed by atoms with E-state index in [1.807, 2.05) is 0 Å². The average Bonchev–Trinajstić information content (AvgIpc) is 2.87. The molecule has 2 fully saturated rings. The van der Waals surface area contributed by atoms with Crippen molar-refractivity contribution in [3.05, 3.63) is 5.69 Å². The summed E-state index contributed by atoms with van der Waals surface area (Å²) in [7, 11) is 0. The number of nitrogens with two attached hydrogens (primary N) is 1. The highest BCUT2D eigenvalue weighted by Crippen LogP contribution is 2.66. The van der Waals surface area contributed by atoms with Crippen LogP contribution in [0.25, 0.3) is 0 Å². The number of nitrogen functional groups attached to an aromatic ring is 1. The van der Waals surface area contributed by atoms with Crippen molar-refractivity contribution >= 4 is 16.5 Å². The van der Waals surface area contributed by atoms with Crippen LogP contribution in [0.2, 0.25) is 0 Å². The van der Waals surface area contributed by atoms with Gasteiger partial charge in [0.05, 0.1) is 12.7 Å². The van der Waals surface area contributed by atoms with Crippen molar-refractivity contribution in [1.82, 2.24) is 9.59 Å². The molecule has 0 aromatic carbocycles. The monoisotopic (exact) mass is 267 g/mol. The van der Waals surface area contributed by atoms with Gasteiger partial charge in [0.15, 0.2) is 0 Å². The average molecular weight is 267 g/mol. The van der Waals surface area contributed by atoms with Gasteiger partial charge in [0.25, 0.3) is 0 Å². The zero-order chi connectivity index (χ0) is 13.0. The van der Waals surface area contributed by atoms with E-state index in [1.165, 1.54) is 30.8 Å². The fraction of sp³-hybridized carbons (Fsp3) is 0.846. The third kappa shape index (κ3) is 1.53. The number of aromatic nitrogens is 2. The summed E-state index contributed by atoms with van der Waals surface area (Å²) in [5.74, 6) is 0.804. The minimum atomic E-state index is 0.301. The Morgan fingerprint density at radius 2 is 2.22 bits per heavy atom. The quantitative estimate of drug-likeness (QED) is 0.914. The van der Waals surface area contributed by atoms with E-state index in [2.05, 4.69) is 30.4 Å². The van der Waals surface area contributed by atoms with Crippen molar-refractivity contribution in [2.45, 2.75) is 52.7 Å². The Bertz CT molecular complexity index is 459. The maximum atomic E-state index is 6.12. The highest BCUT2D eigenvalue weighted by atomic mass is 32.1. The largest absolute Gasteiger partial charge is 0.388 e. The Labute approximate surface area is 112 Å². The van der Waals surface area contributed by atoms with Crippen molar-refractivity contribution in [2.24, 2.45) is 16.7 Å². The van der Waals surface area contributed by atoms with Gasteiger partial charge in [-0.15, -0.1) is 5.10 Å². The van der Waals surface area contributed by atoms with Crippen LogP contribution in [0, 0.1) is 16.7 Å². The summed E-state index contributed by atoms with van der Waals surface area (Å²) < 4.78 is 9.97. The van der Waals surface area contributed by atoms with Crippen LogP contribution < -0.4 is 5.73 Å². The van der Waals surface area contributed by atoms with Gasteiger partial charge in [-0.05, 0) is 36.0 Å². The molecule has 1 aromatic rings. The van der Waals surface area contributed by atoms with Crippen molar-refractivity contribution < 1.29 is 4.74 Å². The number of hydrogen-bond acceptors (Lipinski definition) is 5. The summed E-state index contributed by atoms with van der Waals surface area (Å²) in [6.45, 7) is 7.68. The highest BCUT2D eigenvalue weighted by molar-refractivity contribution is 7.09. The molecule has 0 aliphatic heterocycles. The van der Waals surface area contributed by atoms with Crippen molar-refractivity contribution in [1.29, 1.82) is 0 Å². The summed E-state index contributed by atoms with van der Waals surface area (Å²) in [5, 5.41) is 4.70. The SMILES string of the molecule is CC1(C)C2CCC1(C)C(OCc1nnsc1N)C2. The predicted molar refractivity (Wildman–Crippen MR) is 72.1 cm³/mol. The molecule has 2 bridgehead atoms. The van der Waals surface area contributed by atoms with Crippen LogP contribution >= 0.6 is 11.5 Å². The molecular weight excluding hydrogens is 246 g/mol. The minimum absolute atomic E-state index is 0.301. The molecule has 3 atom stereocenters. The zero-order valence-corrected chi connectivity index (χ0v) is 12.1. The van der Waals surface area contributed by atoms with Gasteiger partial charge in [-0.2, -0.15) is 0 Å². The van der Waals surface area contributed by atoms with Crippen LogP contribution in [0.1, 0.15) is 45.7 Å². The molecule has 0 saturated heterocycles. The predicted octanol–water partition coefficient (Wildman–Crippen LogP) is 2.85. The molecule has 2 aliphatic carbocycles. The molecule has 1 aromatic heterocycles.